The first-order chi connectivity index (χ1) is 7.49. The molecule has 0 saturated carbocycles. The van der Waals surface area contributed by atoms with Gasteiger partial charge in [-0.1, -0.05) is 6.92 Å². The summed E-state index contributed by atoms with van der Waals surface area (Å²) in [6, 6.07) is 1.77. The monoisotopic (exact) mass is 246 g/mol. The highest BCUT2D eigenvalue weighted by atomic mass is 32.2. The third-order valence-electron chi connectivity index (χ3n) is 2.38. The first-order valence-electron chi connectivity index (χ1n) is 5.16. The van der Waals surface area contributed by atoms with Crippen LogP contribution >= 0.6 is 0 Å². The summed E-state index contributed by atoms with van der Waals surface area (Å²) in [5.74, 6) is 0. The number of aromatic nitrogens is 2. The van der Waals surface area contributed by atoms with Gasteiger partial charge in [0, 0.05) is 19.8 Å². The Hall–Kier alpha value is -0.920. The van der Waals surface area contributed by atoms with E-state index in [1.807, 2.05) is 0 Å². The van der Waals surface area contributed by atoms with Crippen LogP contribution in [0.2, 0.25) is 0 Å². The predicted octanol–water partition coefficient (Wildman–Crippen LogP) is -0.423. The van der Waals surface area contributed by atoms with Crippen LogP contribution in [-0.2, 0) is 23.6 Å². The average molecular weight is 246 g/mol. The molecule has 6 nitrogen and oxygen atoms in total. The van der Waals surface area contributed by atoms with E-state index in [0.29, 0.717) is 12.1 Å². The quantitative estimate of drug-likeness (QED) is 0.713. The Bertz CT molecular complexity index is 422. The van der Waals surface area contributed by atoms with Gasteiger partial charge in [0.2, 0.25) is 10.0 Å². The maximum atomic E-state index is 11.7. The van der Waals surface area contributed by atoms with Crippen LogP contribution in [0.4, 0.5) is 0 Å². The van der Waals surface area contributed by atoms with Gasteiger partial charge in [-0.15, -0.1) is 0 Å². The number of nitrogens with one attached hydrogen (secondary N) is 1. The minimum absolute atomic E-state index is 0.133. The summed E-state index contributed by atoms with van der Waals surface area (Å²) < 4.78 is 27.6. The molecule has 1 aromatic heterocycles. The second-order valence-corrected chi connectivity index (χ2v) is 5.66. The molecule has 0 fully saturated rings. The van der Waals surface area contributed by atoms with Gasteiger partial charge in [-0.3, -0.25) is 4.68 Å². The van der Waals surface area contributed by atoms with E-state index >= 15 is 0 Å². The molecule has 92 valence electrons. The summed E-state index contributed by atoms with van der Waals surface area (Å²) in [6.45, 7) is 2.14. The molecule has 3 N–H and O–H groups in total. The SMILES string of the molecule is CCC(CN)S(=O)(=O)NCc1ccn(C)n1. The van der Waals surface area contributed by atoms with Crippen LogP contribution in [0.5, 0.6) is 0 Å². The second-order valence-electron chi connectivity index (χ2n) is 3.61. The standard InChI is InChI=1S/C9H18N4O2S/c1-3-9(6-10)16(14,15)11-7-8-4-5-13(2)12-8/h4-5,9,11H,3,6-7,10H2,1-2H3. The Morgan fingerprint density at radius 2 is 2.31 bits per heavy atom. The van der Waals surface area contributed by atoms with Gasteiger partial charge < -0.3 is 5.73 Å². The smallest absolute Gasteiger partial charge is 0.216 e. The number of sulfonamides is 1. The van der Waals surface area contributed by atoms with Gasteiger partial charge in [0.15, 0.2) is 0 Å². The van der Waals surface area contributed by atoms with Gasteiger partial charge in [-0.2, -0.15) is 5.10 Å². The van der Waals surface area contributed by atoms with Crippen molar-refractivity contribution in [2.45, 2.75) is 25.1 Å². The first kappa shape index (κ1) is 13.1. The molecule has 0 aliphatic carbocycles. The molecule has 1 heterocycles. The van der Waals surface area contributed by atoms with Crippen molar-refractivity contribution in [1.82, 2.24) is 14.5 Å². The zero-order valence-electron chi connectivity index (χ0n) is 9.55. The average Bonchev–Trinajstić information content (AvgIpc) is 2.63. The summed E-state index contributed by atoms with van der Waals surface area (Å²) in [5, 5.41) is 3.55. The highest BCUT2D eigenvalue weighted by molar-refractivity contribution is 7.90. The fourth-order valence-corrected chi connectivity index (χ4v) is 2.64. The third-order valence-corrected chi connectivity index (χ3v) is 4.33. The van der Waals surface area contributed by atoms with Crippen LogP contribution in [0.25, 0.3) is 0 Å². The maximum Gasteiger partial charge on any atom is 0.216 e. The highest BCUT2D eigenvalue weighted by Crippen LogP contribution is 2.03. The van der Waals surface area contributed by atoms with Crippen LogP contribution < -0.4 is 10.5 Å². The largest absolute Gasteiger partial charge is 0.329 e. The van der Waals surface area contributed by atoms with Crippen molar-refractivity contribution >= 4 is 10.0 Å². The number of rotatable bonds is 6. The zero-order chi connectivity index (χ0) is 12.2. The Morgan fingerprint density at radius 3 is 2.75 bits per heavy atom. The van der Waals surface area contributed by atoms with Gasteiger partial charge in [-0.05, 0) is 12.5 Å². The summed E-state index contributed by atoms with van der Waals surface area (Å²) in [4.78, 5) is 0. The number of hydrogen-bond acceptors (Lipinski definition) is 4. The fourth-order valence-electron chi connectivity index (χ4n) is 1.36. The van der Waals surface area contributed by atoms with E-state index < -0.39 is 15.3 Å². The Morgan fingerprint density at radius 1 is 1.62 bits per heavy atom. The van der Waals surface area contributed by atoms with Crippen LogP contribution in [0.1, 0.15) is 19.0 Å². The van der Waals surface area contributed by atoms with E-state index in [1.54, 1.807) is 30.9 Å². The lowest BCUT2D eigenvalue weighted by atomic mass is 10.3. The molecule has 16 heavy (non-hydrogen) atoms. The van der Waals surface area contributed by atoms with Crippen molar-refractivity contribution in [2.24, 2.45) is 12.8 Å². The molecule has 1 unspecified atom stereocenters. The Labute approximate surface area is 95.9 Å². The van der Waals surface area contributed by atoms with E-state index in [2.05, 4.69) is 9.82 Å². The molecule has 0 aliphatic heterocycles. The van der Waals surface area contributed by atoms with Crippen molar-refractivity contribution in [3.63, 3.8) is 0 Å². The first-order valence-corrected chi connectivity index (χ1v) is 6.71. The molecule has 0 amide bonds. The van der Waals surface area contributed by atoms with Crippen LogP contribution in [0.15, 0.2) is 12.3 Å². The molecule has 1 rings (SSSR count). The van der Waals surface area contributed by atoms with Gasteiger partial charge in [0.05, 0.1) is 17.5 Å². The number of aryl methyl sites for hydroxylation is 1. The zero-order valence-corrected chi connectivity index (χ0v) is 10.4. The number of nitrogens with zero attached hydrogens (tertiary/aromatic N) is 2. The Kier molecular flexibility index (Phi) is 4.45. The normalized spacial score (nSPS) is 13.9. The number of nitrogens with two attached hydrogens (primary N) is 1. The van der Waals surface area contributed by atoms with Crippen molar-refractivity contribution in [3.8, 4) is 0 Å². The van der Waals surface area contributed by atoms with Crippen molar-refractivity contribution in [1.29, 1.82) is 0 Å². The van der Waals surface area contributed by atoms with Gasteiger partial charge >= 0.3 is 0 Å². The maximum absolute atomic E-state index is 11.7. The molecule has 0 bridgehead atoms. The molecule has 7 heteroatoms. The van der Waals surface area contributed by atoms with Crippen molar-refractivity contribution < 1.29 is 8.42 Å². The van der Waals surface area contributed by atoms with E-state index in [4.69, 9.17) is 5.73 Å². The fraction of sp³-hybridized carbons (Fsp3) is 0.667. The molecular weight excluding hydrogens is 228 g/mol. The van der Waals surface area contributed by atoms with Crippen LogP contribution in [0, 0.1) is 0 Å². The van der Waals surface area contributed by atoms with E-state index in [-0.39, 0.29) is 13.1 Å². The van der Waals surface area contributed by atoms with E-state index in [9.17, 15) is 8.42 Å². The van der Waals surface area contributed by atoms with Crippen molar-refractivity contribution in [2.75, 3.05) is 6.54 Å². The second kappa shape index (κ2) is 5.42. The summed E-state index contributed by atoms with van der Waals surface area (Å²) in [5.41, 5.74) is 6.10. The lowest BCUT2D eigenvalue weighted by molar-refractivity contribution is 0.559. The van der Waals surface area contributed by atoms with Gasteiger partial charge in [0.25, 0.3) is 0 Å². The summed E-state index contributed by atoms with van der Waals surface area (Å²) >= 11 is 0. The molecule has 0 aliphatic rings. The topological polar surface area (TPSA) is 90.0 Å². The molecule has 1 aromatic rings. The molecule has 0 radical (unpaired) electrons. The number of hydrogen-bond donors (Lipinski definition) is 2. The molecule has 0 spiro atoms. The highest BCUT2D eigenvalue weighted by Gasteiger charge is 2.21. The molecular formula is C9H18N4O2S. The third kappa shape index (κ3) is 3.29. The molecule has 0 saturated heterocycles. The van der Waals surface area contributed by atoms with Crippen LogP contribution in [0.3, 0.4) is 0 Å². The van der Waals surface area contributed by atoms with Crippen LogP contribution in [-0.4, -0.2) is 30.0 Å². The van der Waals surface area contributed by atoms with Gasteiger partial charge in [0.1, 0.15) is 0 Å². The summed E-state index contributed by atoms with van der Waals surface area (Å²) in [7, 11) is -1.55. The lowest BCUT2D eigenvalue weighted by Crippen LogP contribution is -2.38. The lowest BCUT2D eigenvalue weighted by Gasteiger charge is -2.13. The summed E-state index contributed by atoms with van der Waals surface area (Å²) in [6.07, 6.45) is 2.28. The Balaban J connectivity index is 2.60. The predicted molar refractivity (Wildman–Crippen MR) is 62.1 cm³/mol. The minimum Gasteiger partial charge on any atom is -0.329 e. The molecule has 1 atom stereocenters. The minimum atomic E-state index is -3.34. The van der Waals surface area contributed by atoms with Gasteiger partial charge in [-0.25, -0.2) is 13.1 Å². The van der Waals surface area contributed by atoms with Crippen molar-refractivity contribution in [3.05, 3.63) is 18.0 Å². The molecule has 0 aromatic carbocycles. The van der Waals surface area contributed by atoms with E-state index in [0.717, 1.165) is 0 Å². The van der Waals surface area contributed by atoms with E-state index in [1.165, 1.54) is 0 Å².